The van der Waals surface area contributed by atoms with Crippen LogP contribution in [0.15, 0.2) is 37.2 Å². The van der Waals surface area contributed by atoms with Gasteiger partial charge in [0.1, 0.15) is 6.33 Å². The fraction of sp³-hybridized carbons (Fsp3) is 0.333. The molecule has 8 heteroatoms. The summed E-state index contributed by atoms with van der Waals surface area (Å²) in [6.07, 6.45) is 2.66. The third kappa shape index (κ3) is 3.84. The third-order valence-electron chi connectivity index (χ3n) is 4.17. The van der Waals surface area contributed by atoms with Gasteiger partial charge in [0, 0.05) is 10.6 Å². The smallest absolute Gasteiger partial charge is 0.246 e. The van der Waals surface area contributed by atoms with Gasteiger partial charge in [0.2, 0.25) is 11.9 Å². The molecule has 136 valence electrons. The first-order valence-corrected chi connectivity index (χ1v) is 8.49. The summed E-state index contributed by atoms with van der Waals surface area (Å²) in [4.78, 5) is 26.2. The van der Waals surface area contributed by atoms with Crippen molar-refractivity contribution in [3.05, 3.63) is 47.8 Å². The minimum absolute atomic E-state index is 0.128. The number of halogens is 1. The van der Waals surface area contributed by atoms with Crippen LogP contribution in [0.3, 0.4) is 0 Å². The van der Waals surface area contributed by atoms with Gasteiger partial charge in [0.15, 0.2) is 5.82 Å². The Bertz CT molecular complexity index is 855. The maximum atomic E-state index is 12.4. The van der Waals surface area contributed by atoms with E-state index in [1.807, 2.05) is 26.0 Å². The fourth-order valence-corrected chi connectivity index (χ4v) is 3.21. The van der Waals surface area contributed by atoms with E-state index in [0.717, 1.165) is 5.56 Å². The van der Waals surface area contributed by atoms with Crippen molar-refractivity contribution in [2.45, 2.75) is 25.5 Å². The number of nitrogen functional groups attached to an aromatic ring is 1. The number of benzene rings is 1. The largest absolute Gasteiger partial charge is 0.371 e. The van der Waals surface area contributed by atoms with Crippen LogP contribution in [-0.4, -0.2) is 44.5 Å². The van der Waals surface area contributed by atoms with Gasteiger partial charge in [-0.2, -0.15) is 4.98 Å². The third-order valence-corrected chi connectivity index (χ3v) is 4.39. The van der Waals surface area contributed by atoms with Crippen molar-refractivity contribution in [2.24, 2.45) is 0 Å². The molecule has 1 aliphatic heterocycles. The van der Waals surface area contributed by atoms with Crippen LogP contribution >= 0.6 is 11.6 Å². The van der Waals surface area contributed by atoms with E-state index in [9.17, 15) is 4.79 Å². The van der Waals surface area contributed by atoms with Gasteiger partial charge in [-0.05, 0) is 43.7 Å². The Morgan fingerprint density at radius 2 is 2.19 bits per heavy atom. The van der Waals surface area contributed by atoms with Crippen LogP contribution in [0.4, 0.5) is 5.95 Å². The molecule has 26 heavy (non-hydrogen) atoms. The summed E-state index contributed by atoms with van der Waals surface area (Å²) in [5, 5.41) is 0.507. The Morgan fingerprint density at radius 3 is 2.88 bits per heavy atom. The first kappa shape index (κ1) is 18.3. The highest BCUT2D eigenvalue weighted by Crippen LogP contribution is 2.34. The molecule has 0 bridgehead atoms. The van der Waals surface area contributed by atoms with Crippen molar-refractivity contribution in [1.82, 2.24) is 19.9 Å². The quantitative estimate of drug-likeness (QED) is 0.831. The Morgan fingerprint density at radius 1 is 1.42 bits per heavy atom. The Kier molecular flexibility index (Phi) is 4.93. The van der Waals surface area contributed by atoms with Crippen LogP contribution < -0.4 is 5.73 Å². The van der Waals surface area contributed by atoms with Gasteiger partial charge in [-0.3, -0.25) is 4.79 Å². The highest BCUT2D eigenvalue weighted by Gasteiger charge is 2.36. The van der Waals surface area contributed by atoms with Gasteiger partial charge in [0.05, 0.1) is 24.8 Å². The second-order valence-corrected chi connectivity index (χ2v) is 7.13. The lowest BCUT2D eigenvalue weighted by Gasteiger charge is -2.43. The number of nitrogens with two attached hydrogens (primary N) is 1. The molecule has 1 aliphatic rings. The zero-order valence-electron chi connectivity index (χ0n) is 14.6. The molecule has 1 aromatic carbocycles. The van der Waals surface area contributed by atoms with Crippen LogP contribution in [0.1, 0.15) is 25.5 Å². The van der Waals surface area contributed by atoms with Gasteiger partial charge in [-0.1, -0.05) is 18.2 Å². The van der Waals surface area contributed by atoms with E-state index in [-0.39, 0.29) is 17.9 Å². The number of anilines is 1. The van der Waals surface area contributed by atoms with Crippen LogP contribution in [-0.2, 0) is 9.53 Å². The molecule has 3 rings (SSSR count). The number of hydrogen-bond donors (Lipinski definition) is 1. The molecule has 0 unspecified atom stereocenters. The lowest BCUT2D eigenvalue weighted by Crippen LogP contribution is -2.51. The van der Waals surface area contributed by atoms with Crippen molar-refractivity contribution in [3.63, 3.8) is 0 Å². The summed E-state index contributed by atoms with van der Waals surface area (Å²) in [5.41, 5.74) is 6.74. The van der Waals surface area contributed by atoms with E-state index < -0.39 is 5.60 Å². The number of aromatic nitrogens is 3. The summed E-state index contributed by atoms with van der Waals surface area (Å²) in [6, 6.07) is 5.15. The summed E-state index contributed by atoms with van der Waals surface area (Å²) in [7, 11) is 0. The zero-order valence-corrected chi connectivity index (χ0v) is 15.4. The molecule has 0 spiro atoms. The topological polar surface area (TPSA) is 94.2 Å². The van der Waals surface area contributed by atoms with E-state index >= 15 is 0 Å². The maximum Gasteiger partial charge on any atom is 0.246 e. The first-order chi connectivity index (χ1) is 12.3. The molecule has 1 atom stereocenters. The Labute approximate surface area is 156 Å². The molecule has 2 heterocycles. The molecular weight excluding hydrogens is 354 g/mol. The molecule has 0 aliphatic carbocycles. The van der Waals surface area contributed by atoms with Gasteiger partial charge in [-0.15, -0.1) is 0 Å². The maximum absolute atomic E-state index is 12.4. The van der Waals surface area contributed by atoms with Crippen molar-refractivity contribution < 1.29 is 9.53 Å². The molecular formula is C18H20ClN5O2. The second-order valence-electron chi connectivity index (χ2n) is 6.70. The second kappa shape index (κ2) is 7.01. The highest BCUT2D eigenvalue weighted by molar-refractivity contribution is 6.31. The minimum atomic E-state index is -0.431. The molecule has 1 aromatic heterocycles. The lowest BCUT2D eigenvalue weighted by atomic mass is 9.97. The monoisotopic (exact) mass is 373 g/mol. The number of carbonyl (C=O) groups excluding carboxylic acids is 1. The van der Waals surface area contributed by atoms with Gasteiger partial charge in [0.25, 0.3) is 0 Å². The lowest BCUT2D eigenvalue weighted by molar-refractivity contribution is -0.151. The fourth-order valence-electron chi connectivity index (χ4n) is 2.97. The van der Waals surface area contributed by atoms with Crippen molar-refractivity contribution >= 4 is 23.5 Å². The SMILES string of the molecule is C=CC(=O)N1CC(C)(C)OC[C@H]1c1cc(Cl)cc(-c2ncnc(N)n2)c1. The summed E-state index contributed by atoms with van der Waals surface area (Å²) < 4.78 is 5.93. The number of rotatable bonds is 3. The van der Waals surface area contributed by atoms with Crippen LogP contribution in [0.25, 0.3) is 11.4 Å². The molecule has 0 radical (unpaired) electrons. The molecule has 2 aromatic rings. The molecule has 0 saturated carbocycles. The van der Waals surface area contributed by atoms with Crippen molar-refractivity contribution in [2.75, 3.05) is 18.9 Å². The number of nitrogens with zero attached hydrogens (tertiary/aromatic N) is 4. The van der Waals surface area contributed by atoms with E-state index in [1.54, 1.807) is 11.0 Å². The number of morpholine rings is 1. The molecule has 7 nitrogen and oxygen atoms in total. The number of ether oxygens (including phenoxy) is 1. The van der Waals surface area contributed by atoms with Crippen molar-refractivity contribution in [1.29, 1.82) is 0 Å². The Hall–Kier alpha value is -2.51. The normalized spacial score (nSPS) is 19.2. The Balaban J connectivity index is 2.02. The first-order valence-electron chi connectivity index (χ1n) is 8.11. The van der Waals surface area contributed by atoms with E-state index in [4.69, 9.17) is 22.1 Å². The highest BCUT2D eigenvalue weighted by atomic mass is 35.5. The number of carbonyl (C=O) groups is 1. The van der Waals surface area contributed by atoms with Gasteiger partial charge < -0.3 is 15.4 Å². The molecule has 2 N–H and O–H groups in total. The zero-order chi connectivity index (χ0) is 18.9. The van der Waals surface area contributed by atoms with Crippen molar-refractivity contribution in [3.8, 4) is 11.4 Å². The molecule has 1 amide bonds. The summed E-state index contributed by atoms with van der Waals surface area (Å²) in [5.74, 6) is 0.389. The average molecular weight is 374 g/mol. The van der Waals surface area contributed by atoms with Crippen LogP contribution in [0, 0.1) is 0 Å². The summed E-state index contributed by atoms with van der Waals surface area (Å²) >= 11 is 6.31. The minimum Gasteiger partial charge on any atom is -0.371 e. The van der Waals surface area contributed by atoms with E-state index in [0.29, 0.717) is 29.6 Å². The number of hydrogen-bond acceptors (Lipinski definition) is 6. The predicted octanol–water partition coefficient (Wildman–Crippen LogP) is 2.64. The standard InChI is InChI=1S/C18H20ClN5O2/c1-4-15(25)24-9-18(2,3)26-8-14(24)11-5-12(7-13(19)6-11)16-21-10-22-17(20)23-16/h4-7,10,14H,1,8-9H2,2-3H3,(H2,20,21,22,23)/t14-/m0/s1. The average Bonchev–Trinajstić information content (AvgIpc) is 2.59. The summed E-state index contributed by atoms with van der Waals surface area (Å²) in [6.45, 7) is 8.30. The van der Waals surface area contributed by atoms with E-state index in [1.165, 1.54) is 12.4 Å². The van der Waals surface area contributed by atoms with E-state index in [2.05, 4.69) is 21.5 Å². The predicted molar refractivity (Wildman–Crippen MR) is 99.4 cm³/mol. The molecule has 1 saturated heterocycles. The van der Waals surface area contributed by atoms with Gasteiger partial charge in [-0.25, -0.2) is 9.97 Å². The molecule has 1 fully saturated rings. The van der Waals surface area contributed by atoms with Gasteiger partial charge >= 0.3 is 0 Å². The van der Waals surface area contributed by atoms with Crippen LogP contribution in [0.2, 0.25) is 5.02 Å². The van der Waals surface area contributed by atoms with Crippen LogP contribution in [0.5, 0.6) is 0 Å². The number of amides is 1.